The van der Waals surface area contributed by atoms with Crippen molar-refractivity contribution in [2.45, 2.75) is 6.42 Å². The molecule has 1 atom stereocenters. The van der Waals surface area contributed by atoms with Crippen molar-refractivity contribution in [3.63, 3.8) is 0 Å². The maximum Gasteiger partial charge on any atom is 0.303 e. The summed E-state index contributed by atoms with van der Waals surface area (Å²) in [4.78, 5) is 10.1. The Morgan fingerprint density at radius 2 is 2.40 bits per heavy atom. The molecule has 0 radical (unpaired) electrons. The summed E-state index contributed by atoms with van der Waals surface area (Å²) in [7, 11) is 1.53. The largest absolute Gasteiger partial charge is 0.481 e. The number of nitrogens with two attached hydrogens (primary N) is 1. The average Bonchev–Trinajstić information content (AvgIpc) is 1.86. The second-order valence-corrected chi connectivity index (χ2v) is 2.15. The van der Waals surface area contributed by atoms with Crippen LogP contribution in [0.5, 0.6) is 0 Å². The lowest BCUT2D eigenvalue weighted by Crippen LogP contribution is -2.22. The molecule has 0 aliphatic heterocycles. The van der Waals surface area contributed by atoms with Crippen molar-refractivity contribution in [3.8, 4) is 0 Å². The van der Waals surface area contributed by atoms with Gasteiger partial charge in [-0.15, -0.1) is 0 Å². The Labute approximate surface area is 60.0 Å². The van der Waals surface area contributed by atoms with Crippen LogP contribution in [-0.4, -0.2) is 31.3 Å². The minimum absolute atomic E-state index is 0.0532. The van der Waals surface area contributed by atoms with Crippen LogP contribution in [0.2, 0.25) is 0 Å². The number of rotatable bonds is 5. The van der Waals surface area contributed by atoms with Gasteiger partial charge in [-0.25, -0.2) is 0 Å². The van der Waals surface area contributed by atoms with Gasteiger partial charge in [0, 0.05) is 13.0 Å². The van der Waals surface area contributed by atoms with Gasteiger partial charge < -0.3 is 15.6 Å². The van der Waals surface area contributed by atoms with Crippen LogP contribution in [-0.2, 0) is 9.53 Å². The fourth-order valence-corrected chi connectivity index (χ4v) is 0.693. The van der Waals surface area contributed by atoms with Crippen molar-refractivity contribution in [1.29, 1.82) is 0 Å². The van der Waals surface area contributed by atoms with E-state index in [9.17, 15) is 4.79 Å². The highest BCUT2D eigenvalue weighted by Crippen LogP contribution is 2.00. The minimum Gasteiger partial charge on any atom is -0.481 e. The van der Waals surface area contributed by atoms with Crippen LogP contribution < -0.4 is 5.73 Å². The first-order chi connectivity index (χ1) is 4.70. The summed E-state index contributed by atoms with van der Waals surface area (Å²) in [6, 6.07) is 0. The van der Waals surface area contributed by atoms with E-state index in [1.165, 1.54) is 7.11 Å². The molecule has 0 saturated heterocycles. The van der Waals surface area contributed by atoms with Gasteiger partial charge in [0.05, 0.1) is 13.0 Å². The third-order valence-electron chi connectivity index (χ3n) is 1.20. The molecule has 0 heterocycles. The van der Waals surface area contributed by atoms with Gasteiger partial charge >= 0.3 is 5.97 Å². The summed E-state index contributed by atoms with van der Waals surface area (Å²) in [6.07, 6.45) is 0.0876. The van der Waals surface area contributed by atoms with E-state index < -0.39 is 5.97 Å². The van der Waals surface area contributed by atoms with Gasteiger partial charge in [0.15, 0.2) is 0 Å². The molecule has 0 aliphatic carbocycles. The lowest BCUT2D eigenvalue weighted by Gasteiger charge is -2.09. The Balaban J connectivity index is 3.49. The third-order valence-corrected chi connectivity index (χ3v) is 1.20. The van der Waals surface area contributed by atoms with Gasteiger partial charge in [0.1, 0.15) is 0 Å². The van der Waals surface area contributed by atoms with Crippen molar-refractivity contribution in [1.82, 2.24) is 0 Å². The number of aliphatic carboxylic acids is 1. The molecule has 0 fully saturated rings. The summed E-state index contributed by atoms with van der Waals surface area (Å²) in [6.45, 7) is 0.781. The van der Waals surface area contributed by atoms with Gasteiger partial charge in [-0.05, 0) is 6.54 Å². The van der Waals surface area contributed by atoms with Crippen LogP contribution >= 0.6 is 0 Å². The Morgan fingerprint density at radius 3 is 2.70 bits per heavy atom. The molecule has 0 aromatic carbocycles. The predicted molar refractivity (Wildman–Crippen MR) is 36.7 cm³/mol. The van der Waals surface area contributed by atoms with E-state index in [1.807, 2.05) is 0 Å². The van der Waals surface area contributed by atoms with Gasteiger partial charge in [-0.1, -0.05) is 0 Å². The van der Waals surface area contributed by atoms with Gasteiger partial charge in [-0.3, -0.25) is 4.79 Å². The van der Waals surface area contributed by atoms with Crippen LogP contribution in [0, 0.1) is 5.92 Å². The van der Waals surface area contributed by atoms with Crippen LogP contribution in [0.3, 0.4) is 0 Å². The Morgan fingerprint density at radius 1 is 1.80 bits per heavy atom. The fraction of sp³-hybridized carbons (Fsp3) is 0.833. The first kappa shape index (κ1) is 9.39. The van der Waals surface area contributed by atoms with E-state index in [4.69, 9.17) is 15.6 Å². The molecular formula is C6H13NO3. The number of carboxylic acids is 1. The molecular weight excluding hydrogens is 134 g/mol. The molecule has 0 spiro atoms. The van der Waals surface area contributed by atoms with E-state index in [0.29, 0.717) is 13.2 Å². The summed E-state index contributed by atoms with van der Waals surface area (Å²) >= 11 is 0. The molecule has 0 saturated carbocycles. The van der Waals surface area contributed by atoms with Crippen molar-refractivity contribution in [2.75, 3.05) is 20.3 Å². The Kier molecular flexibility index (Phi) is 4.88. The van der Waals surface area contributed by atoms with Gasteiger partial charge in [0.2, 0.25) is 0 Å². The zero-order valence-electron chi connectivity index (χ0n) is 6.04. The minimum atomic E-state index is -0.826. The van der Waals surface area contributed by atoms with Crippen molar-refractivity contribution in [3.05, 3.63) is 0 Å². The first-order valence-electron chi connectivity index (χ1n) is 3.11. The highest BCUT2D eigenvalue weighted by molar-refractivity contribution is 5.67. The highest BCUT2D eigenvalue weighted by Gasteiger charge is 2.09. The smallest absolute Gasteiger partial charge is 0.303 e. The van der Waals surface area contributed by atoms with Crippen molar-refractivity contribution >= 4 is 5.97 Å². The molecule has 0 aromatic rings. The predicted octanol–water partition coefficient (Wildman–Crippen LogP) is -0.318. The number of hydrogen-bond acceptors (Lipinski definition) is 3. The maximum atomic E-state index is 10.1. The van der Waals surface area contributed by atoms with Crippen LogP contribution in [0.1, 0.15) is 6.42 Å². The normalized spacial score (nSPS) is 13.0. The summed E-state index contributed by atoms with van der Waals surface area (Å²) in [5.74, 6) is -0.880. The zero-order valence-corrected chi connectivity index (χ0v) is 6.04. The molecule has 0 bridgehead atoms. The van der Waals surface area contributed by atoms with Crippen LogP contribution in [0.15, 0.2) is 0 Å². The standard InChI is InChI=1S/C6H13NO3/c1-10-4-5(3-7)2-6(8)9/h5H,2-4,7H2,1H3,(H,8,9). The summed E-state index contributed by atoms with van der Waals surface area (Å²) in [5, 5.41) is 8.33. The average molecular weight is 147 g/mol. The molecule has 60 valence electrons. The zero-order chi connectivity index (χ0) is 7.98. The molecule has 4 heteroatoms. The molecule has 1 unspecified atom stereocenters. The Hall–Kier alpha value is -0.610. The Bertz CT molecular complexity index is 105. The molecule has 0 rings (SSSR count). The first-order valence-corrected chi connectivity index (χ1v) is 3.11. The van der Waals surface area contributed by atoms with Crippen LogP contribution in [0.4, 0.5) is 0 Å². The number of carbonyl (C=O) groups is 1. The highest BCUT2D eigenvalue weighted by atomic mass is 16.5. The second kappa shape index (κ2) is 5.20. The number of carboxylic acid groups (broad SMARTS) is 1. The SMILES string of the molecule is COCC(CN)CC(=O)O. The third kappa shape index (κ3) is 4.29. The molecule has 3 N–H and O–H groups in total. The van der Waals surface area contributed by atoms with Crippen molar-refractivity contribution < 1.29 is 14.6 Å². The van der Waals surface area contributed by atoms with Crippen LogP contribution in [0.25, 0.3) is 0 Å². The van der Waals surface area contributed by atoms with Crippen molar-refractivity contribution in [2.24, 2.45) is 11.7 Å². The van der Waals surface area contributed by atoms with E-state index in [0.717, 1.165) is 0 Å². The topological polar surface area (TPSA) is 72.5 Å². The van der Waals surface area contributed by atoms with Gasteiger partial charge in [0.25, 0.3) is 0 Å². The summed E-state index contributed by atoms with van der Waals surface area (Å²) in [5.41, 5.74) is 5.26. The van der Waals surface area contributed by atoms with Gasteiger partial charge in [-0.2, -0.15) is 0 Å². The molecule has 0 aromatic heterocycles. The molecule has 0 amide bonds. The van der Waals surface area contributed by atoms with E-state index in [-0.39, 0.29) is 12.3 Å². The number of methoxy groups -OCH3 is 1. The maximum absolute atomic E-state index is 10.1. The monoisotopic (exact) mass is 147 g/mol. The lowest BCUT2D eigenvalue weighted by molar-refractivity contribution is -0.138. The molecule has 4 nitrogen and oxygen atoms in total. The van der Waals surface area contributed by atoms with E-state index >= 15 is 0 Å². The van der Waals surface area contributed by atoms with E-state index in [1.54, 1.807) is 0 Å². The lowest BCUT2D eigenvalue weighted by atomic mass is 10.1. The second-order valence-electron chi connectivity index (χ2n) is 2.15. The quantitative estimate of drug-likeness (QED) is 0.559. The molecule has 10 heavy (non-hydrogen) atoms. The van der Waals surface area contributed by atoms with E-state index in [2.05, 4.69) is 0 Å². The summed E-state index contributed by atoms with van der Waals surface area (Å²) < 4.78 is 4.75. The number of hydrogen-bond donors (Lipinski definition) is 2. The molecule has 0 aliphatic rings. The number of ether oxygens (including phenoxy) is 1. The fourth-order valence-electron chi connectivity index (χ4n) is 0.693.